The van der Waals surface area contributed by atoms with Crippen LogP contribution in [0, 0.1) is 5.41 Å². The molecular weight excluding hydrogens is 531 g/mol. The highest BCUT2D eigenvalue weighted by molar-refractivity contribution is 6.40. The molecule has 2 aromatic rings. The third kappa shape index (κ3) is 6.82. The van der Waals surface area contributed by atoms with E-state index in [9.17, 15) is 29.4 Å². The predicted molar refractivity (Wildman–Crippen MR) is 146 cm³/mol. The summed E-state index contributed by atoms with van der Waals surface area (Å²) in [5.41, 5.74) is 1.75. The molecule has 200 valence electrons. The summed E-state index contributed by atoms with van der Waals surface area (Å²) in [4.78, 5) is 49.0. The highest BCUT2D eigenvalue weighted by Gasteiger charge is 2.33. The van der Waals surface area contributed by atoms with Gasteiger partial charge in [0, 0.05) is 23.3 Å². The van der Waals surface area contributed by atoms with E-state index in [4.69, 9.17) is 23.2 Å². The van der Waals surface area contributed by atoms with Gasteiger partial charge in [-0.1, -0.05) is 55.2 Å². The first-order chi connectivity index (χ1) is 17.8. The van der Waals surface area contributed by atoms with Crippen LogP contribution in [0.1, 0.15) is 49.5 Å². The number of nitrogens with one attached hydrogen (secondary N) is 2. The van der Waals surface area contributed by atoms with Gasteiger partial charge in [0.05, 0.1) is 15.6 Å². The molecule has 0 bridgehead atoms. The lowest BCUT2D eigenvalue weighted by Gasteiger charge is -2.30. The van der Waals surface area contributed by atoms with E-state index in [0.717, 1.165) is 0 Å². The molecule has 10 heteroatoms. The average Bonchev–Trinajstić information content (AvgIpc) is 2.83. The second kappa shape index (κ2) is 11.8. The van der Waals surface area contributed by atoms with E-state index in [1.54, 1.807) is 49.4 Å². The Morgan fingerprint density at radius 3 is 2.16 bits per heavy atom. The van der Waals surface area contributed by atoms with Crippen LogP contribution < -0.4 is 10.6 Å². The van der Waals surface area contributed by atoms with Crippen molar-refractivity contribution in [3.63, 3.8) is 0 Å². The van der Waals surface area contributed by atoms with Crippen molar-refractivity contribution in [2.24, 2.45) is 5.41 Å². The molecule has 1 aliphatic carbocycles. The maximum Gasteiger partial charge on any atom is 0.332 e. The molecule has 0 saturated heterocycles. The lowest BCUT2D eigenvalue weighted by Crippen LogP contribution is -2.43. The second-order valence-corrected chi connectivity index (χ2v) is 10.5. The Bertz CT molecular complexity index is 1330. The molecule has 0 radical (unpaired) electrons. The molecule has 38 heavy (non-hydrogen) atoms. The van der Waals surface area contributed by atoms with Crippen LogP contribution in [0.5, 0.6) is 0 Å². The Hall–Kier alpha value is -3.62. The highest BCUT2D eigenvalue weighted by atomic mass is 35.5. The van der Waals surface area contributed by atoms with Gasteiger partial charge in [-0.15, -0.1) is 0 Å². The zero-order chi connectivity index (χ0) is 28.2. The molecule has 2 aromatic carbocycles. The van der Waals surface area contributed by atoms with Gasteiger partial charge in [0.2, 0.25) is 5.91 Å². The molecular formula is C28H28Cl2N2O6. The van der Waals surface area contributed by atoms with E-state index in [-0.39, 0.29) is 33.2 Å². The van der Waals surface area contributed by atoms with E-state index in [0.29, 0.717) is 29.7 Å². The zero-order valence-corrected chi connectivity index (χ0v) is 22.6. The first-order valence-electron chi connectivity index (χ1n) is 11.8. The van der Waals surface area contributed by atoms with Crippen LogP contribution in [-0.2, 0) is 20.8 Å². The average molecular weight is 559 g/mol. The fraction of sp³-hybridized carbons (Fsp3) is 0.286. The fourth-order valence-electron chi connectivity index (χ4n) is 4.15. The van der Waals surface area contributed by atoms with Crippen molar-refractivity contribution in [3.8, 4) is 0 Å². The van der Waals surface area contributed by atoms with Crippen LogP contribution >= 0.6 is 23.2 Å². The summed E-state index contributed by atoms with van der Waals surface area (Å²) in [6.45, 7) is 5.23. The van der Waals surface area contributed by atoms with Crippen molar-refractivity contribution in [1.29, 1.82) is 0 Å². The number of rotatable bonds is 8. The standard InChI is InChI=1S/C28H28Cl2N2O6/c1-15(17-11-12-28(2,3)19(14-17)26(35)36)24(33)32-22(27(37)38)13-16-7-9-18(10-8-16)31-25(34)23-20(29)5-4-6-21(23)30/h4-10,14,22H,11-13H2,1-3H3,(H,31,34)(H,32,33)(H,35,36)(H,37,38)/t22-/m0/s1. The number of anilines is 1. The van der Waals surface area contributed by atoms with Crippen molar-refractivity contribution in [3.05, 3.63) is 86.4 Å². The molecule has 1 aliphatic rings. The summed E-state index contributed by atoms with van der Waals surface area (Å²) in [5, 5.41) is 24.9. The van der Waals surface area contributed by atoms with Gasteiger partial charge in [-0.05, 0) is 66.7 Å². The third-order valence-electron chi connectivity index (χ3n) is 6.56. The quantitative estimate of drug-likeness (QED) is 0.316. The number of carbonyl (C=O) groups excluding carboxylic acids is 2. The lowest BCUT2D eigenvalue weighted by molar-refractivity contribution is -0.141. The van der Waals surface area contributed by atoms with Gasteiger partial charge in [-0.2, -0.15) is 0 Å². The number of hydrogen-bond acceptors (Lipinski definition) is 4. The van der Waals surface area contributed by atoms with Crippen LogP contribution in [-0.4, -0.2) is 40.0 Å². The minimum Gasteiger partial charge on any atom is -0.480 e. The number of aliphatic carboxylic acids is 2. The molecule has 4 N–H and O–H groups in total. The molecule has 0 aliphatic heterocycles. The van der Waals surface area contributed by atoms with Crippen molar-refractivity contribution in [2.45, 2.75) is 46.1 Å². The summed E-state index contributed by atoms with van der Waals surface area (Å²) >= 11 is 12.2. The number of allylic oxidation sites excluding steroid dienone is 2. The molecule has 0 unspecified atom stereocenters. The normalized spacial score (nSPS) is 16.6. The first kappa shape index (κ1) is 28.9. The Morgan fingerprint density at radius 2 is 1.61 bits per heavy atom. The second-order valence-electron chi connectivity index (χ2n) is 9.71. The molecule has 8 nitrogen and oxygen atoms in total. The van der Waals surface area contributed by atoms with E-state index in [2.05, 4.69) is 10.6 Å². The van der Waals surface area contributed by atoms with Gasteiger partial charge < -0.3 is 20.8 Å². The monoisotopic (exact) mass is 558 g/mol. The van der Waals surface area contributed by atoms with Gasteiger partial charge >= 0.3 is 11.9 Å². The van der Waals surface area contributed by atoms with Crippen LogP contribution in [0.25, 0.3) is 0 Å². The summed E-state index contributed by atoms with van der Waals surface area (Å²) in [6, 6.07) is 10.0. The van der Waals surface area contributed by atoms with Crippen molar-refractivity contribution in [1.82, 2.24) is 5.32 Å². The van der Waals surface area contributed by atoms with Crippen molar-refractivity contribution < 1.29 is 29.4 Å². The minimum absolute atomic E-state index is 0.00248. The van der Waals surface area contributed by atoms with E-state index >= 15 is 0 Å². The van der Waals surface area contributed by atoms with Gasteiger partial charge in [0.15, 0.2) is 0 Å². The number of carbonyl (C=O) groups is 4. The molecule has 1 atom stereocenters. The van der Waals surface area contributed by atoms with Crippen LogP contribution in [0.2, 0.25) is 10.0 Å². The van der Waals surface area contributed by atoms with E-state index < -0.39 is 35.2 Å². The molecule has 3 rings (SSSR count). The molecule has 0 fully saturated rings. The Labute approximate surface area is 230 Å². The fourth-order valence-corrected chi connectivity index (χ4v) is 4.72. The topological polar surface area (TPSA) is 133 Å². The Balaban J connectivity index is 1.71. The van der Waals surface area contributed by atoms with Gasteiger partial charge in [0.1, 0.15) is 6.04 Å². The number of halogens is 2. The number of amides is 2. The molecule has 0 heterocycles. The summed E-state index contributed by atoms with van der Waals surface area (Å²) in [7, 11) is 0. The Kier molecular flexibility index (Phi) is 9.01. The van der Waals surface area contributed by atoms with E-state index in [1.807, 2.05) is 13.8 Å². The third-order valence-corrected chi connectivity index (χ3v) is 7.19. The van der Waals surface area contributed by atoms with Gasteiger partial charge in [0.25, 0.3) is 5.91 Å². The van der Waals surface area contributed by atoms with E-state index in [1.165, 1.54) is 6.08 Å². The smallest absolute Gasteiger partial charge is 0.332 e. The zero-order valence-electron chi connectivity index (χ0n) is 21.1. The number of carboxylic acids is 2. The van der Waals surface area contributed by atoms with Crippen molar-refractivity contribution >= 4 is 52.6 Å². The van der Waals surface area contributed by atoms with Gasteiger partial charge in [-0.3, -0.25) is 9.59 Å². The lowest BCUT2D eigenvalue weighted by atomic mass is 9.73. The van der Waals surface area contributed by atoms with Gasteiger partial charge in [-0.25, -0.2) is 9.59 Å². The maximum absolute atomic E-state index is 12.9. The Morgan fingerprint density at radius 1 is 1.00 bits per heavy atom. The molecule has 0 aromatic heterocycles. The largest absolute Gasteiger partial charge is 0.480 e. The molecule has 0 saturated carbocycles. The number of hydrogen-bond donors (Lipinski definition) is 4. The van der Waals surface area contributed by atoms with Crippen molar-refractivity contribution in [2.75, 3.05) is 5.32 Å². The summed E-state index contributed by atoms with van der Waals surface area (Å²) in [5.74, 6) is -3.32. The maximum atomic E-state index is 12.9. The highest BCUT2D eigenvalue weighted by Crippen LogP contribution is 2.39. The molecule has 0 spiro atoms. The van der Waals surface area contributed by atoms with Crippen LogP contribution in [0.15, 0.2) is 65.3 Å². The molecule has 2 amide bonds. The summed E-state index contributed by atoms with van der Waals surface area (Å²) in [6.07, 6.45) is 2.57. The first-order valence-corrected chi connectivity index (χ1v) is 12.6. The van der Waals surface area contributed by atoms with Crippen LogP contribution in [0.4, 0.5) is 5.69 Å². The number of carboxylic acid groups (broad SMARTS) is 2. The number of benzene rings is 2. The SMILES string of the molecule is CC(C(=O)N[C@@H](Cc1ccc(NC(=O)c2c(Cl)cccc2Cl)cc1)C(=O)O)=C1C=C(C(=O)O)C(C)(C)CC1. The summed E-state index contributed by atoms with van der Waals surface area (Å²) < 4.78 is 0. The predicted octanol–water partition coefficient (Wildman–Crippen LogP) is 5.51. The van der Waals surface area contributed by atoms with Crippen LogP contribution in [0.3, 0.4) is 0 Å². The minimum atomic E-state index is -1.22.